The Labute approximate surface area is 137 Å². The predicted octanol–water partition coefficient (Wildman–Crippen LogP) is 2.88. The van der Waals surface area contributed by atoms with Gasteiger partial charge in [0, 0.05) is 36.3 Å². The minimum Gasteiger partial charge on any atom is -0.508 e. The number of hydrogen-bond donors (Lipinski definition) is 2. The van der Waals surface area contributed by atoms with Gasteiger partial charge in [-0.1, -0.05) is 0 Å². The Bertz CT molecular complexity index is 785. The van der Waals surface area contributed by atoms with Gasteiger partial charge in [-0.05, 0) is 36.4 Å². The third-order valence-corrected chi connectivity index (χ3v) is 4.17. The summed E-state index contributed by atoms with van der Waals surface area (Å²) in [5.41, 5.74) is 2.39. The number of thiazole rings is 1. The van der Waals surface area contributed by atoms with E-state index in [0.29, 0.717) is 18.5 Å². The quantitative estimate of drug-likeness (QED) is 0.756. The number of carbonyl (C=O) groups is 1. The molecule has 0 radical (unpaired) electrons. The highest BCUT2D eigenvalue weighted by Crippen LogP contribution is 2.23. The Morgan fingerprint density at radius 2 is 2.04 bits per heavy atom. The molecule has 0 fully saturated rings. The van der Waals surface area contributed by atoms with Crippen LogP contribution in [0.25, 0.3) is 11.3 Å². The second-order valence-corrected chi connectivity index (χ2v) is 5.86. The number of phenolic OH excluding ortho intramolecular Hbond substituents is 1. The third-order valence-electron chi connectivity index (χ3n) is 3.26. The molecule has 1 aromatic carbocycles. The lowest BCUT2D eigenvalue weighted by Crippen LogP contribution is -2.25. The number of aromatic nitrogens is 2. The maximum Gasteiger partial charge on any atom is 0.252 e. The van der Waals surface area contributed by atoms with Gasteiger partial charge in [-0.3, -0.25) is 9.78 Å². The predicted molar refractivity (Wildman–Crippen MR) is 89.5 cm³/mol. The SMILES string of the molecule is O=C(NCCc1nc(-c2ccc(O)cc2)cs1)c1cccnc1. The highest BCUT2D eigenvalue weighted by Gasteiger charge is 2.07. The first-order chi connectivity index (χ1) is 11.2. The van der Waals surface area contributed by atoms with Gasteiger partial charge >= 0.3 is 0 Å². The Balaban J connectivity index is 1.55. The first-order valence-corrected chi connectivity index (χ1v) is 8.02. The fourth-order valence-electron chi connectivity index (χ4n) is 2.07. The molecule has 23 heavy (non-hydrogen) atoms. The van der Waals surface area contributed by atoms with Crippen molar-refractivity contribution in [1.29, 1.82) is 0 Å². The molecule has 0 atom stereocenters. The number of benzene rings is 1. The van der Waals surface area contributed by atoms with Crippen molar-refractivity contribution in [1.82, 2.24) is 15.3 Å². The normalized spacial score (nSPS) is 10.4. The zero-order valence-electron chi connectivity index (χ0n) is 12.3. The highest BCUT2D eigenvalue weighted by atomic mass is 32.1. The topological polar surface area (TPSA) is 75.1 Å². The molecular formula is C17H15N3O2S. The zero-order chi connectivity index (χ0) is 16.1. The largest absolute Gasteiger partial charge is 0.508 e. The molecule has 2 heterocycles. The highest BCUT2D eigenvalue weighted by molar-refractivity contribution is 7.09. The molecule has 1 amide bonds. The molecule has 116 valence electrons. The molecule has 0 spiro atoms. The fraction of sp³-hybridized carbons (Fsp3) is 0.118. The molecule has 0 aliphatic carbocycles. The molecule has 0 saturated carbocycles. The van der Waals surface area contributed by atoms with Gasteiger partial charge < -0.3 is 10.4 Å². The Kier molecular flexibility index (Phi) is 4.63. The second-order valence-electron chi connectivity index (χ2n) is 4.92. The van der Waals surface area contributed by atoms with Crippen molar-refractivity contribution < 1.29 is 9.90 Å². The van der Waals surface area contributed by atoms with Gasteiger partial charge in [0.1, 0.15) is 5.75 Å². The lowest BCUT2D eigenvalue weighted by atomic mass is 10.2. The van der Waals surface area contributed by atoms with E-state index in [9.17, 15) is 9.90 Å². The van der Waals surface area contributed by atoms with Crippen LogP contribution in [0.4, 0.5) is 0 Å². The zero-order valence-corrected chi connectivity index (χ0v) is 13.1. The Morgan fingerprint density at radius 1 is 1.22 bits per heavy atom. The van der Waals surface area contributed by atoms with Crippen molar-refractivity contribution in [3.63, 3.8) is 0 Å². The van der Waals surface area contributed by atoms with Crippen molar-refractivity contribution in [2.24, 2.45) is 0 Å². The van der Waals surface area contributed by atoms with Crippen molar-refractivity contribution in [2.45, 2.75) is 6.42 Å². The summed E-state index contributed by atoms with van der Waals surface area (Å²) in [5, 5.41) is 15.1. The summed E-state index contributed by atoms with van der Waals surface area (Å²) < 4.78 is 0. The van der Waals surface area contributed by atoms with Crippen LogP contribution in [0.2, 0.25) is 0 Å². The van der Waals surface area contributed by atoms with E-state index >= 15 is 0 Å². The van der Waals surface area contributed by atoms with E-state index in [1.165, 1.54) is 0 Å². The van der Waals surface area contributed by atoms with E-state index in [1.807, 2.05) is 17.5 Å². The van der Waals surface area contributed by atoms with Crippen LogP contribution in [0.1, 0.15) is 15.4 Å². The average molecular weight is 325 g/mol. The van der Waals surface area contributed by atoms with Gasteiger partial charge in [0.15, 0.2) is 0 Å². The van der Waals surface area contributed by atoms with Crippen LogP contribution in [0, 0.1) is 0 Å². The summed E-state index contributed by atoms with van der Waals surface area (Å²) in [6, 6.07) is 10.4. The van der Waals surface area contributed by atoms with Crippen molar-refractivity contribution in [3.05, 3.63) is 64.7 Å². The molecule has 0 unspecified atom stereocenters. The van der Waals surface area contributed by atoms with Crippen LogP contribution in [-0.2, 0) is 6.42 Å². The first kappa shape index (κ1) is 15.2. The van der Waals surface area contributed by atoms with E-state index in [1.54, 1.807) is 48.0 Å². The monoisotopic (exact) mass is 325 g/mol. The molecule has 0 saturated heterocycles. The number of phenols is 1. The van der Waals surface area contributed by atoms with Crippen LogP contribution >= 0.6 is 11.3 Å². The van der Waals surface area contributed by atoms with Crippen LogP contribution in [0.5, 0.6) is 5.75 Å². The maximum atomic E-state index is 11.9. The Morgan fingerprint density at radius 3 is 2.78 bits per heavy atom. The van der Waals surface area contributed by atoms with E-state index in [0.717, 1.165) is 16.3 Å². The van der Waals surface area contributed by atoms with Crippen LogP contribution < -0.4 is 5.32 Å². The van der Waals surface area contributed by atoms with Crippen molar-refractivity contribution in [2.75, 3.05) is 6.54 Å². The number of nitrogens with one attached hydrogen (secondary N) is 1. The number of hydrogen-bond acceptors (Lipinski definition) is 5. The van der Waals surface area contributed by atoms with Crippen LogP contribution in [0.15, 0.2) is 54.2 Å². The summed E-state index contributed by atoms with van der Waals surface area (Å²) in [4.78, 5) is 20.4. The molecule has 0 aliphatic rings. The second kappa shape index (κ2) is 7.02. The maximum absolute atomic E-state index is 11.9. The molecule has 6 heteroatoms. The third kappa shape index (κ3) is 3.92. The number of pyridine rings is 1. The lowest BCUT2D eigenvalue weighted by molar-refractivity contribution is 0.0954. The molecule has 3 aromatic rings. The minimum absolute atomic E-state index is 0.131. The summed E-state index contributed by atoms with van der Waals surface area (Å²) in [7, 11) is 0. The van der Waals surface area contributed by atoms with Crippen molar-refractivity contribution in [3.8, 4) is 17.0 Å². The van der Waals surface area contributed by atoms with Gasteiger partial charge in [-0.2, -0.15) is 0 Å². The first-order valence-electron chi connectivity index (χ1n) is 7.14. The molecule has 5 nitrogen and oxygen atoms in total. The molecule has 0 bridgehead atoms. The van der Waals surface area contributed by atoms with Gasteiger partial charge in [0.2, 0.25) is 0 Å². The summed E-state index contributed by atoms with van der Waals surface area (Å²) in [6.45, 7) is 0.524. The molecule has 3 rings (SSSR count). The lowest BCUT2D eigenvalue weighted by Gasteiger charge is -2.03. The summed E-state index contributed by atoms with van der Waals surface area (Å²) in [5.74, 6) is 0.107. The van der Waals surface area contributed by atoms with Gasteiger partial charge in [-0.25, -0.2) is 4.98 Å². The number of carbonyl (C=O) groups excluding carboxylic acids is 1. The van der Waals surface area contributed by atoms with E-state index in [4.69, 9.17) is 0 Å². The molecule has 0 aliphatic heterocycles. The van der Waals surface area contributed by atoms with Crippen LogP contribution in [-0.4, -0.2) is 27.5 Å². The molecule has 2 aromatic heterocycles. The summed E-state index contributed by atoms with van der Waals surface area (Å²) >= 11 is 1.56. The fourth-order valence-corrected chi connectivity index (χ4v) is 2.88. The number of nitrogens with zero attached hydrogens (tertiary/aromatic N) is 2. The molecule has 2 N–H and O–H groups in total. The minimum atomic E-state index is -0.131. The van der Waals surface area contributed by atoms with Gasteiger partial charge in [0.25, 0.3) is 5.91 Å². The number of aromatic hydroxyl groups is 1. The van der Waals surface area contributed by atoms with Crippen LogP contribution in [0.3, 0.4) is 0 Å². The van der Waals surface area contributed by atoms with E-state index in [-0.39, 0.29) is 11.7 Å². The number of rotatable bonds is 5. The van der Waals surface area contributed by atoms with Gasteiger partial charge in [-0.15, -0.1) is 11.3 Å². The summed E-state index contributed by atoms with van der Waals surface area (Å²) in [6.07, 6.45) is 3.85. The average Bonchev–Trinajstić information content (AvgIpc) is 3.05. The number of amides is 1. The van der Waals surface area contributed by atoms with E-state index < -0.39 is 0 Å². The van der Waals surface area contributed by atoms with Gasteiger partial charge in [0.05, 0.1) is 16.3 Å². The standard InChI is InChI=1S/C17H15N3O2S/c21-14-5-3-12(4-6-14)15-11-23-16(20-15)7-9-19-17(22)13-2-1-8-18-10-13/h1-6,8,10-11,21H,7,9H2,(H,19,22). The Hall–Kier alpha value is -2.73. The smallest absolute Gasteiger partial charge is 0.252 e. The van der Waals surface area contributed by atoms with E-state index in [2.05, 4.69) is 15.3 Å². The van der Waals surface area contributed by atoms with Crippen molar-refractivity contribution >= 4 is 17.2 Å². The molecular weight excluding hydrogens is 310 g/mol.